The Kier molecular flexibility index (Phi) is 5.52. The molecule has 7 nitrogen and oxygen atoms in total. The van der Waals surface area contributed by atoms with Crippen LogP contribution < -0.4 is 15.8 Å². The van der Waals surface area contributed by atoms with Crippen molar-refractivity contribution in [3.63, 3.8) is 0 Å². The fraction of sp³-hybridized carbons (Fsp3) is 0.308. The Labute approximate surface area is 115 Å². The van der Waals surface area contributed by atoms with Gasteiger partial charge in [-0.05, 0) is 25.1 Å². The Morgan fingerprint density at radius 2 is 2.10 bits per heavy atom. The van der Waals surface area contributed by atoms with Gasteiger partial charge in [0.25, 0.3) is 0 Å². The molecule has 0 saturated heterocycles. The minimum Gasteiger partial charge on any atom is -0.493 e. The number of benzene rings is 1. The molecule has 1 unspecified atom stereocenters. The molecule has 1 rings (SSSR count). The summed E-state index contributed by atoms with van der Waals surface area (Å²) in [6.45, 7) is 1.44. The first-order valence-corrected chi connectivity index (χ1v) is 5.95. The zero-order chi connectivity index (χ0) is 15.1. The fourth-order valence-corrected chi connectivity index (χ4v) is 1.38. The Hall–Kier alpha value is -2.57. The highest BCUT2D eigenvalue weighted by Gasteiger charge is 2.13. The van der Waals surface area contributed by atoms with E-state index in [-0.39, 0.29) is 13.0 Å². The molecule has 1 atom stereocenters. The molecule has 0 bridgehead atoms. The van der Waals surface area contributed by atoms with Crippen molar-refractivity contribution in [3.8, 4) is 5.75 Å². The number of carbonyl (C=O) groups excluding carboxylic acids is 2. The molecule has 0 spiro atoms. The van der Waals surface area contributed by atoms with Crippen LogP contribution in [0.15, 0.2) is 24.3 Å². The van der Waals surface area contributed by atoms with Crippen molar-refractivity contribution < 1.29 is 24.2 Å². The summed E-state index contributed by atoms with van der Waals surface area (Å²) in [7, 11) is 0. The average Bonchev–Trinajstić information content (AvgIpc) is 2.38. The third kappa shape index (κ3) is 4.97. The largest absolute Gasteiger partial charge is 0.493 e. The SMILES string of the molecule is CC(NC(=O)CCOc1cccc(C(N)=O)c1)C(=O)O. The van der Waals surface area contributed by atoms with Gasteiger partial charge in [-0.2, -0.15) is 0 Å². The number of primary amides is 1. The predicted molar refractivity (Wildman–Crippen MR) is 70.3 cm³/mol. The topological polar surface area (TPSA) is 119 Å². The van der Waals surface area contributed by atoms with E-state index < -0.39 is 23.8 Å². The van der Waals surface area contributed by atoms with Crippen LogP contribution in [0.2, 0.25) is 0 Å². The van der Waals surface area contributed by atoms with Gasteiger partial charge in [0.1, 0.15) is 11.8 Å². The summed E-state index contributed by atoms with van der Waals surface area (Å²) >= 11 is 0. The van der Waals surface area contributed by atoms with Crippen LogP contribution in [0.25, 0.3) is 0 Å². The molecule has 0 aliphatic heterocycles. The lowest BCUT2D eigenvalue weighted by Gasteiger charge is -2.10. The van der Waals surface area contributed by atoms with Crippen molar-refractivity contribution in [2.75, 3.05) is 6.61 Å². The van der Waals surface area contributed by atoms with E-state index >= 15 is 0 Å². The maximum Gasteiger partial charge on any atom is 0.325 e. The van der Waals surface area contributed by atoms with Crippen molar-refractivity contribution in [2.45, 2.75) is 19.4 Å². The van der Waals surface area contributed by atoms with Gasteiger partial charge in [0.2, 0.25) is 11.8 Å². The van der Waals surface area contributed by atoms with Crippen LogP contribution >= 0.6 is 0 Å². The zero-order valence-corrected chi connectivity index (χ0v) is 11.0. The number of rotatable bonds is 7. The van der Waals surface area contributed by atoms with Gasteiger partial charge in [-0.25, -0.2) is 0 Å². The number of carboxylic acids is 1. The number of carboxylic acid groups (broad SMARTS) is 1. The Balaban J connectivity index is 2.41. The molecular formula is C13H16N2O5. The minimum absolute atomic E-state index is 0.0123. The number of nitrogens with two attached hydrogens (primary N) is 1. The van der Waals surface area contributed by atoms with E-state index in [1.54, 1.807) is 18.2 Å². The number of aliphatic carboxylic acids is 1. The molecule has 1 aromatic rings. The molecule has 0 saturated carbocycles. The summed E-state index contributed by atoms with van der Waals surface area (Å²) in [6.07, 6.45) is 0.0123. The van der Waals surface area contributed by atoms with Gasteiger partial charge in [0, 0.05) is 5.56 Å². The number of carbonyl (C=O) groups is 3. The van der Waals surface area contributed by atoms with Crippen LogP contribution in [-0.2, 0) is 9.59 Å². The molecule has 0 fully saturated rings. The Morgan fingerprint density at radius 1 is 1.40 bits per heavy atom. The van der Waals surface area contributed by atoms with Gasteiger partial charge in [-0.1, -0.05) is 6.07 Å². The van der Waals surface area contributed by atoms with Gasteiger partial charge in [0.05, 0.1) is 13.0 Å². The summed E-state index contributed by atoms with van der Waals surface area (Å²) in [5.74, 6) is -1.68. The lowest BCUT2D eigenvalue weighted by atomic mass is 10.2. The van der Waals surface area contributed by atoms with Crippen molar-refractivity contribution >= 4 is 17.8 Å². The summed E-state index contributed by atoms with van der Waals surface area (Å²) in [5.41, 5.74) is 5.44. The first kappa shape index (κ1) is 15.5. The van der Waals surface area contributed by atoms with Crippen LogP contribution in [0.4, 0.5) is 0 Å². The van der Waals surface area contributed by atoms with Gasteiger partial charge >= 0.3 is 5.97 Å². The van der Waals surface area contributed by atoms with Gasteiger partial charge < -0.3 is 20.9 Å². The van der Waals surface area contributed by atoms with Gasteiger partial charge in [-0.3, -0.25) is 14.4 Å². The summed E-state index contributed by atoms with van der Waals surface area (Å²) in [5, 5.41) is 10.9. The molecule has 2 amide bonds. The van der Waals surface area contributed by atoms with Crippen LogP contribution in [0.3, 0.4) is 0 Å². The highest BCUT2D eigenvalue weighted by atomic mass is 16.5. The number of ether oxygens (including phenoxy) is 1. The van der Waals surface area contributed by atoms with Crippen LogP contribution in [-0.4, -0.2) is 35.5 Å². The Morgan fingerprint density at radius 3 is 2.70 bits per heavy atom. The highest BCUT2D eigenvalue weighted by molar-refractivity contribution is 5.93. The average molecular weight is 280 g/mol. The molecule has 0 aliphatic rings. The van der Waals surface area contributed by atoms with Crippen molar-refractivity contribution in [1.29, 1.82) is 0 Å². The number of hydrogen-bond acceptors (Lipinski definition) is 4. The van der Waals surface area contributed by atoms with E-state index in [0.29, 0.717) is 11.3 Å². The quantitative estimate of drug-likeness (QED) is 0.656. The molecule has 0 aliphatic carbocycles. The molecule has 7 heteroatoms. The second-order valence-electron chi connectivity index (χ2n) is 4.12. The zero-order valence-electron chi connectivity index (χ0n) is 11.0. The Bertz CT molecular complexity index is 515. The maximum absolute atomic E-state index is 11.4. The lowest BCUT2D eigenvalue weighted by molar-refractivity contribution is -0.141. The number of amides is 2. The normalized spacial score (nSPS) is 11.4. The van der Waals surface area contributed by atoms with E-state index in [1.165, 1.54) is 13.0 Å². The lowest BCUT2D eigenvalue weighted by Crippen LogP contribution is -2.38. The van der Waals surface area contributed by atoms with E-state index in [2.05, 4.69) is 5.32 Å². The van der Waals surface area contributed by atoms with Gasteiger partial charge in [-0.15, -0.1) is 0 Å². The van der Waals surface area contributed by atoms with E-state index in [4.69, 9.17) is 15.6 Å². The first-order valence-electron chi connectivity index (χ1n) is 5.95. The monoisotopic (exact) mass is 280 g/mol. The van der Waals surface area contributed by atoms with E-state index in [0.717, 1.165) is 0 Å². The standard InChI is InChI=1S/C13H16N2O5/c1-8(13(18)19)15-11(16)5-6-20-10-4-2-3-9(7-10)12(14)17/h2-4,7-8H,5-6H2,1H3,(H2,14,17)(H,15,16)(H,18,19). The predicted octanol–water partition coefficient (Wildman–Crippen LogP) is 0.144. The van der Waals surface area contributed by atoms with Crippen molar-refractivity contribution in [1.82, 2.24) is 5.32 Å². The third-order valence-electron chi connectivity index (χ3n) is 2.46. The van der Waals surface area contributed by atoms with Crippen LogP contribution in [0.5, 0.6) is 5.75 Å². The molecule has 4 N–H and O–H groups in total. The molecule has 108 valence electrons. The smallest absolute Gasteiger partial charge is 0.325 e. The highest BCUT2D eigenvalue weighted by Crippen LogP contribution is 2.13. The third-order valence-corrected chi connectivity index (χ3v) is 2.46. The molecule has 0 radical (unpaired) electrons. The second-order valence-corrected chi connectivity index (χ2v) is 4.12. The van der Waals surface area contributed by atoms with Crippen molar-refractivity contribution in [2.24, 2.45) is 5.73 Å². The molecular weight excluding hydrogens is 264 g/mol. The van der Waals surface area contributed by atoms with E-state index in [9.17, 15) is 14.4 Å². The number of nitrogens with one attached hydrogen (secondary N) is 1. The summed E-state index contributed by atoms with van der Waals surface area (Å²) < 4.78 is 5.29. The van der Waals surface area contributed by atoms with Gasteiger partial charge in [0.15, 0.2) is 0 Å². The van der Waals surface area contributed by atoms with Crippen LogP contribution in [0, 0.1) is 0 Å². The number of hydrogen-bond donors (Lipinski definition) is 3. The maximum atomic E-state index is 11.4. The fourth-order valence-electron chi connectivity index (χ4n) is 1.38. The molecule has 1 aromatic carbocycles. The first-order chi connectivity index (χ1) is 9.40. The molecule has 0 heterocycles. The van der Waals surface area contributed by atoms with Crippen LogP contribution in [0.1, 0.15) is 23.7 Å². The molecule has 0 aromatic heterocycles. The summed E-state index contributed by atoms with van der Waals surface area (Å²) in [4.78, 5) is 32.9. The van der Waals surface area contributed by atoms with E-state index in [1.807, 2.05) is 0 Å². The van der Waals surface area contributed by atoms with Crippen molar-refractivity contribution in [3.05, 3.63) is 29.8 Å². The summed E-state index contributed by atoms with van der Waals surface area (Å²) in [6, 6.07) is 5.32. The molecule has 20 heavy (non-hydrogen) atoms. The minimum atomic E-state index is -1.10. The second kappa shape index (κ2) is 7.13.